The Bertz CT molecular complexity index is 906. The summed E-state index contributed by atoms with van der Waals surface area (Å²) in [6.07, 6.45) is 0.839. The van der Waals surface area contributed by atoms with E-state index in [1.807, 2.05) is 30.3 Å². The molecule has 2 N–H and O–H groups in total. The summed E-state index contributed by atoms with van der Waals surface area (Å²) in [7, 11) is -1.63. The highest BCUT2D eigenvalue weighted by molar-refractivity contribution is 6.60. The van der Waals surface area contributed by atoms with E-state index in [9.17, 15) is 14.4 Å². The zero-order chi connectivity index (χ0) is 16.0. The molecule has 0 heterocycles. The molecule has 0 amide bonds. The van der Waals surface area contributed by atoms with E-state index in [1.54, 1.807) is 0 Å². The maximum Gasteiger partial charge on any atom is 0.489 e. The number of hydrogen-bond donors (Lipinski definition) is 2. The lowest BCUT2D eigenvalue weighted by Gasteiger charge is -2.11. The van der Waals surface area contributed by atoms with Crippen molar-refractivity contribution in [1.82, 2.24) is 0 Å². The molecule has 0 aliphatic heterocycles. The Morgan fingerprint density at radius 2 is 1.57 bits per heavy atom. The second kappa shape index (κ2) is 5.34. The molecule has 4 rings (SSSR count). The van der Waals surface area contributed by atoms with Crippen LogP contribution in [0.25, 0.3) is 22.3 Å². The molecule has 0 saturated carbocycles. The van der Waals surface area contributed by atoms with Gasteiger partial charge in [-0.1, -0.05) is 48.5 Å². The Morgan fingerprint density at radius 1 is 0.783 bits per heavy atom. The summed E-state index contributed by atoms with van der Waals surface area (Å²) < 4.78 is 13.6. The topological polar surface area (TPSA) is 40.5 Å². The monoisotopic (exact) mass is 304 g/mol. The number of benzene rings is 3. The van der Waals surface area contributed by atoms with E-state index in [2.05, 4.69) is 12.1 Å². The van der Waals surface area contributed by atoms with Crippen LogP contribution in [-0.4, -0.2) is 17.2 Å². The van der Waals surface area contributed by atoms with Crippen molar-refractivity contribution in [3.05, 3.63) is 77.6 Å². The smallest absolute Gasteiger partial charge is 0.423 e. The average Bonchev–Trinajstić information content (AvgIpc) is 2.92. The Labute approximate surface area is 134 Å². The molecule has 0 bridgehead atoms. The van der Waals surface area contributed by atoms with Crippen molar-refractivity contribution in [1.29, 1.82) is 0 Å². The normalized spacial score (nSPS) is 12.0. The van der Waals surface area contributed by atoms with Gasteiger partial charge in [-0.3, -0.25) is 0 Å². The van der Waals surface area contributed by atoms with E-state index >= 15 is 0 Å². The van der Waals surface area contributed by atoms with Gasteiger partial charge in [0.2, 0.25) is 0 Å². The molecule has 0 saturated heterocycles. The van der Waals surface area contributed by atoms with E-state index < -0.39 is 12.9 Å². The minimum atomic E-state index is -1.63. The second-order valence-corrected chi connectivity index (χ2v) is 5.81. The lowest BCUT2D eigenvalue weighted by molar-refractivity contribution is 0.426. The minimum absolute atomic E-state index is 0.307. The largest absolute Gasteiger partial charge is 0.489 e. The molecule has 0 unspecified atom stereocenters. The molecule has 23 heavy (non-hydrogen) atoms. The van der Waals surface area contributed by atoms with Crippen LogP contribution in [0.3, 0.4) is 0 Å². The quantitative estimate of drug-likeness (QED) is 0.559. The highest BCUT2D eigenvalue weighted by atomic mass is 19.1. The molecule has 0 atom stereocenters. The molecule has 112 valence electrons. The molecule has 2 nitrogen and oxygen atoms in total. The van der Waals surface area contributed by atoms with Crippen LogP contribution in [0.15, 0.2) is 60.7 Å². The first-order valence-electron chi connectivity index (χ1n) is 7.50. The maximum absolute atomic E-state index is 13.6. The summed E-state index contributed by atoms with van der Waals surface area (Å²) in [6.45, 7) is 0. The van der Waals surface area contributed by atoms with Crippen molar-refractivity contribution in [3.8, 4) is 22.3 Å². The molecule has 4 heteroatoms. The van der Waals surface area contributed by atoms with Crippen molar-refractivity contribution in [3.63, 3.8) is 0 Å². The molecule has 3 aromatic rings. The molecule has 1 aliphatic carbocycles. The molecule has 1 aliphatic rings. The summed E-state index contributed by atoms with van der Waals surface area (Å²) in [5.41, 5.74) is 6.48. The van der Waals surface area contributed by atoms with E-state index in [-0.39, 0.29) is 0 Å². The second-order valence-electron chi connectivity index (χ2n) is 5.81. The predicted molar refractivity (Wildman–Crippen MR) is 89.9 cm³/mol. The van der Waals surface area contributed by atoms with E-state index in [4.69, 9.17) is 0 Å². The van der Waals surface area contributed by atoms with E-state index in [0.29, 0.717) is 11.0 Å². The number of fused-ring (bicyclic) bond motifs is 3. The van der Waals surface area contributed by atoms with Crippen molar-refractivity contribution < 1.29 is 14.4 Å². The molecule has 0 spiro atoms. The third kappa shape index (κ3) is 2.36. The number of rotatable bonds is 2. The SMILES string of the molecule is OB(O)c1ccc(F)cc1-c1ccc2c(c1)Cc1ccccc1-2. The van der Waals surface area contributed by atoms with Gasteiger partial charge in [0.1, 0.15) is 5.82 Å². The highest BCUT2D eigenvalue weighted by Crippen LogP contribution is 2.38. The molecule has 0 fully saturated rings. The van der Waals surface area contributed by atoms with E-state index in [1.165, 1.54) is 40.5 Å². The summed E-state index contributed by atoms with van der Waals surface area (Å²) in [6, 6.07) is 18.2. The first-order chi connectivity index (χ1) is 11.1. The van der Waals surface area contributed by atoms with Gasteiger partial charge in [-0.15, -0.1) is 0 Å². The van der Waals surface area contributed by atoms with Crippen LogP contribution in [0.2, 0.25) is 0 Å². The van der Waals surface area contributed by atoms with Crippen LogP contribution < -0.4 is 5.46 Å². The Hall–Kier alpha value is -2.43. The molecule has 0 aromatic heterocycles. The van der Waals surface area contributed by atoms with Gasteiger partial charge in [-0.2, -0.15) is 0 Å². The zero-order valence-electron chi connectivity index (χ0n) is 12.3. The third-order valence-electron chi connectivity index (χ3n) is 4.40. The van der Waals surface area contributed by atoms with Crippen molar-refractivity contribution in [2.45, 2.75) is 6.42 Å². The van der Waals surface area contributed by atoms with Gasteiger partial charge in [0, 0.05) is 0 Å². The Morgan fingerprint density at radius 3 is 2.39 bits per heavy atom. The lowest BCUT2D eigenvalue weighted by atomic mass is 9.75. The van der Waals surface area contributed by atoms with Crippen molar-refractivity contribution in [2.75, 3.05) is 0 Å². The van der Waals surface area contributed by atoms with Gasteiger partial charge in [0.25, 0.3) is 0 Å². The highest BCUT2D eigenvalue weighted by Gasteiger charge is 2.21. The van der Waals surface area contributed by atoms with Crippen LogP contribution in [-0.2, 0) is 6.42 Å². The van der Waals surface area contributed by atoms with Gasteiger partial charge < -0.3 is 10.0 Å². The van der Waals surface area contributed by atoms with Crippen LogP contribution in [0.4, 0.5) is 4.39 Å². The number of halogens is 1. The van der Waals surface area contributed by atoms with Crippen LogP contribution in [0, 0.1) is 5.82 Å². The zero-order valence-corrected chi connectivity index (χ0v) is 12.3. The lowest BCUT2D eigenvalue weighted by Crippen LogP contribution is -2.31. The fraction of sp³-hybridized carbons (Fsp3) is 0.0526. The third-order valence-corrected chi connectivity index (χ3v) is 4.40. The summed E-state index contributed by atoms with van der Waals surface area (Å²) >= 11 is 0. The molecular formula is C19H14BFO2. The first-order valence-corrected chi connectivity index (χ1v) is 7.50. The maximum atomic E-state index is 13.6. The standard InChI is InChI=1S/C19H14BFO2/c21-15-6-8-19(20(22)23)18(11-15)13-5-7-17-14(10-13)9-12-3-1-2-4-16(12)17/h1-8,10-11,22-23H,9H2. The fourth-order valence-electron chi connectivity index (χ4n) is 3.32. The fourth-order valence-corrected chi connectivity index (χ4v) is 3.32. The molecule has 3 aromatic carbocycles. The van der Waals surface area contributed by atoms with Crippen LogP contribution in [0.1, 0.15) is 11.1 Å². The minimum Gasteiger partial charge on any atom is -0.423 e. The summed E-state index contributed by atoms with van der Waals surface area (Å²) in [4.78, 5) is 0. The number of hydrogen-bond acceptors (Lipinski definition) is 2. The Kier molecular flexibility index (Phi) is 3.29. The first kappa shape index (κ1) is 14.2. The average molecular weight is 304 g/mol. The van der Waals surface area contributed by atoms with Crippen LogP contribution >= 0.6 is 0 Å². The molecular weight excluding hydrogens is 290 g/mol. The predicted octanol–water partition coefficient (Wildman–Crippen LogP) is 2.74. The van der Waals surface area contributed by atoms with Gasteiger partial charge in [0.15, 0.2) is 0 Å². The van der Waals surface area contributed by atoms with Crippen molar-refractivity contribution >= 4 is 12.6 Å². The van der Waals surface area contributed by atoms with Gasteiger partial charge in [0.05, 0.1) is 0 Å². The summed E-state index contributed by atoms with van der Waals surface area (Å²) in [5, 5.41) is 19.1. The van der Waals surface area contributed by atoms with Crippen molar-refractivity contribution in [2.24, 2.45) is 0 Å². The van der Waals surface area contributed by atoms with Gasteiger partial charge in [-0.25, -0.2) is 4.39 Å². The van der Waals surface area contributed by atoms with Crippen LogP contribution in [0.5, 0.6) is 0 Å². The molecule has 0 radical (unpaired) electrons. The van der Waals surface area contributed by atoms with E-state index in [0.717, 1.165) is 12.0 Å². The summed E-state index contributed by atoms with van der Waals surface area (Å²) in [5.74, 6) is -0.395. The Balaban J connectivity index is 1.85. The van der Waals surface area contributed by atoms with Gasteiger partial charge in [-0.05, 0) is 57.4 Å². The van der Waals surface area contributed by atoms with Gasteiger partial charge >= 0.3 is 7.12 Å².